The largest absolute Gasteiger partial charge is 0.459 e. The molecule has 26 heavy (non-hydrogen) atoms. The minimum atomic E-state index is -0.692. The highest BCUT2D eigenvalue weighted by Gasteiger charge is 2.65. The molecule has 0 spiro atoms. The predicted molar refractivity (Wildman–Crippen MR) is 97.0 cm³/mol. The van der Waals surface area contributed by atoms with E-state index in [4.69, 9.17) is 10.5 Å². The molecule has 4 rings (SSSR count). The molecule has 5 heteroatoms. The SMILES string of the molecule is CC(=O)OC1C(O)[C@@H]2[C@@H](CC[C@]3(C)C(=O)CC[C@@H]23)[C@@]2(C)CCC(N)CC12. The second kappa shape index (κ2) is 6.03. The van der Waals surface area contributed by atoms with Crippen molar-refractivity contribution in [1.29, 1.82) is 0 Å². The summed E-state index contributed by atoms with van der Waals surface area (Å²) in [7, 11) is 0. The number of hydrogen-bond acceptors (Lipinski definition) is 5. The van der Waals surface area contributed by atoms with Crippen LogP contribution in [-0.2, 0) is 14.3 Å². The average molecular weight is 363 g/mol. The number of carbonyl (C=O) groups is 2. The van der Waals surface area contributed by atoms with Gasteiger partial charge in [0, 0.05) is 30.7 Å². The Kier molecular flexibility index (Phi) is 4.27. The molecule has 4 aliphatic rings. The first-order chi connectivity index (χ1) is 12.2. The van der Waals surface area contributed by atoms with Crippen LogP contribution in [0.2, 0.25) is 0 Å². The van der Waals surface area contributed by atoms with Crippen LogP contribution in [0.15, 0.2) is 0 Å². The van der Waals surface area contributed by atoms with Gasteiger partial charge in [-0.1, -0.05) is 13.8 Å². The van der Waals surface area contributed by atoms with Gasteiger partial charge in [0.2, 0.25) is 0 Å². The molecule has 0 radical (unpaired) electrons. The van der Waals surface area contributed by atoms with Crippen molar-refractivity contribution in [2.24, 2.45) is 40.2 Å². The molecular formula is C21H33NO4. The van der Waals surface area contributed by atoms with Crippen molar-refractivity contribution in [1.82, 2.24) is 0 Å². The number of hydrogen-bond donors (Lipinski definition) is 2. The van der Waals surface area contributed by atoms with Crippen molar-refractivity contribution >= 4 is 11.8 Å². The third-order valence-electron chi connectivity index (χ3n) is 8.78. The highest BCUT2D eigenvalue weighted by Crippen LogP contribution is 2.65. The normalized spacial score (nSPS) is 53.4. The lowest BCUT2D eigenvalue weighted by Crippen LogP contribution is -2.65. The number of esters is 1. The van der Waals surface area contributed by atoms with Crippen LogP contribution in [0.4, 0.5) is 0 Å². The Balaban J connectivity index is 1.75. The van der Waals surface area contributed by atoms with Gasteiger partial charge in [0.05, 0.1) is 6.10 Å². The smallest absolute Gasteiger partial charge is 0.303 e. The van der Waals surface area contributed by atoms with Gasteiger partial charge in [-0.3, -0.25) is 9.59 Å². The van der Waals surface area contributed by atoms with E-state index in [0.717, 1.165) is 38.5 Å². The third kappa shape index (κ3) is 2.42. The number of rotatable bonds is 1. The van der Waals surface area contributed by atoms with Crippen molar-refractivity contribution < 1.29 is 19.4 Å². The molecule has 0 bridgehead atoms. The maximum atomic E-state index is 12.6. The highest BCUT2D eigenvalue weighted by atomic mass is 16.6. The van der Waals surface area contributed by atoms with Crippen molar-refractivity contribution in [2.75, 3.05) is 0 Å². The van der Waals surface area contributed by atoms with Gasteiger partial charge in [-0.15, -0.1) is 0 Å². The maximum Gasteiger partial charge on any atom is 0.303 e. The van der Waals surface area contributed by atoms with E-state index in [-0.39, 0.29) is 40.6 Å². The average Bonchev–Trinajstić information content (AvgIpc) is 2.88. The molecule has 4 fully saturated rings. The fraction of sp³-hybridized carbons (Fsp3) is 0.905. The Morgan fingerprint density at radius 3 is 2.58 bits per heavy atom. The van der Waals surface area contributed by atoms with Gasteiger partial charge in [0.15, 0.2) is 0 Å². The number of fused-ring (bicyclic) bond motifs is 5. The molecule has 0 aromatic heterocycles. The molecule has 5 nitrogen and oxygen atoms in total. The molecule has 0 aliphatic heterocycles. The lowest BCUT2D eigenvalue weighted by molar-refractivity contribution is -0.224. The topological polar surface area (TPSA) is 89.6 Å². The summed E-state index contributed by atoms with van der Waals surface area (Å²) < 4.78 is 5.71. The first-order valence-corrected chi connectivity index (χ1v) is 10.3. The Morgan fingerprint density at radius 1 is 1.15 bits per heavy atom. The van der Waals surface area contributed by atoms with E-state index in [0.29, 0.717) is 18.1 Å². The monoisotopic (exact) mass is 363 g/mol. The lowest BCUT2D eigenvalue weighted by Gasteiger charge is -2.63. The summed E-state index contributed by atoms with van der Waals surface area (Å²) in [6.45, 7) is 5.84. The molecule has 146 valence electrons. The Bertz CT molecular complexity index is 621. The van der Waals surface area contributed by atoms with Gasteiger partial charge in [-0.25, -0.2) is 0 Å². The van der Waals surface area contributed by atoms with E-state index in [1.807, 2.05) is 0 Å². The summed E-state index contributed by atoms with van der Waals surface area (Å²) in [6.07, 6.45) is 5.01. The van der Waals surface area contributed by atoms with Crippen molar-refractivity contribution in [3.8, 4) is 0 Å². The van der Waals surface area contributed by atoms with E-state index >= 15 is 0 Å². The second-order valence-corrected chi connectivity index (χ2v) is 9.92. The molecule has 4 aliphatic carbocycles. The zero-order chi connectivity index (χ0) is 18.9. The van der Waals surface area contributed by atoms with Crippen LogP contribution in [0, 0.1) is 34.5 Å². The summed E-state index contributed by atoms with van der Waals surface area (Å²) in [5.41, 5.74) is 5.98. The molecule has 4 unspecified atom stereocenters. The van der Waals surface area contributed by atoms with Crippen molar-refractivity contribution in [3.05, 3.63) is 0 Å². The molecular weight excluding hydrogens is 330 g/mol. The standard InChI is InChI=1S/C21H33NO4/c1-11(23)26-19-15-10-12(22)6-8-20(15,2)14-7-9-21(3)13(4-5-16(21)24)17(14)18(19)25/h12-15,17-19,25H,4-10,22H2,1-3H3/t12?,13-,14+,15?,17-,18?,19?,20+,21-/m0/s1. The number of ether oxygens (including phenoxy) is 1. The highest BCUT2D eigenvalue weighted by molar-refractivity contribution is 5.87. The summed E-state index contributed by atoms with van der Waals surface area (Å²) >= 11 is 0. The Labute approximate surface area is 156 Å². The maximum absolute atomic E-state index is 12.6. The molecule has 0 amide bonds. The van der Waals surface area contributed by atoms with Crippen LogP contribution < -0.4 is 5.73 Å². The van der Waals surface area contributed by atoms with E-state index in [9.17, 15) is 14.7 Å². The number of Topliss-reactive ketones (excluding diaryl/α,β-unsaturated/α-hetero) is 1. The fourth-order valence-electron chi connectivity index (χ4n) is 7.38. The second-order valence-electron chi connectivity index (χ2n) is 9.92. The van der Waals surface area contributed by atoms with E-state index < -0.39 is 12.2 Å². The first kappa shape index (κ1) is 18.4. The van der Waals surface area contributed by atoms with E-state index in [1.165, 1.54) is 6.92 Å². The molecule has 0 heterocycles. The van der Waals surface area contributed by atoms with E-state index in [1.54, 1.807) is 0 Å². The molecule has 0 saturated heterocycles. The number of aliphatic hydroxyl groups excluding tert-OH is 1. The molecule has 3 N–H and O–H groups in total. The van der Waals surface area contributed by atoms with E-state index in [2.05, 4.69) is 13.8 Å². The summed E-state index contributed by atoms with van der Waals surface area (Å²) in [4.78, 5) is 24.4. The van der Waals surface area contributed by atoms with Crippen LogP contribution >= 0.6 is 0 Å². The van der Waals surface area contributed by atoms with Crippen LogP contribution in [0.25, 0.3) is 0 Å². The fourth-order valence-corrected chi connectivity index (χ4v) is 7.38. The minimum Gasteiger partial charge on any atom is -0.459 e. The number of aliphatic hydroxyl groups is 1. The quantitative estimate of drug-likeness (QED) is 0.699. The summed E-state index contributed by atoms with van der Waals surface area (Å²) in [5.74, 6) is 0.749. The Hall–Kier alpha value is -0.940. The Morgan fingerprint density at radius 2 is 1.88 bits per heavy atom. The minimum absolute atomic E-state index is 0.0207. The van der Waals surface area contributed by atoms with Crippen LogP contribution in [-0.4, -0.2) is 35.1 Å². The molecule has 0 aromatic rings. The number of nitrogens with two attached hydrogens (primary N) is 1. The zero-order valence-electron chi connectivity index (χ0n) is 16.2. The number of carbonyl (C=O) groups excluding carboxylic acids is 2. The zero-order valence-corrected chi connectivity index (χ0v) is 16.2. The first-order valence-electron chi connectivity index (χ1n) is 10.3. The van der Waals surface area contributed by atoms with Gasteiger partial charge in [0.1, 0.15) is 11.9 Å². The third-order valence-corrected chi connectivity index (χ3v) is 8.78. The molecule has 0 aromatic carbocycles. The lowest BCUT2D eigenvalue weighted by atomic mass is 9.43. The number of ketones is 1. The van der Waals surface area contributed by atoms with Crippen molar-refractivity contribution in [2.45, 2.75) is 84.0 Å². The van der Waals surface area contributed by atoms with Gasteiger partial charge in [-0.2, -0.15) is 0 Å². The summed E-state index contributed by atoms with van der Waals surface area (Å²) in [6, 6.07) is 0.108. The predicted octanol–water partition coefficient (Wildman–Crippen LogP) is 2.44. The molecule has 9 atom stereocenters. The van der Waals surface area contributed by atoms with Gasteiger partial charge >= 0.3 is 5.97 Å². The van der Waals surface area contributed by atoms with Crippen LogP contribution in [0.5, 0.6) is 0 Å². The molecule has 4 saturated carbocycles. The van der Waals surface area contributed by atoms with Crippen molar-refractivity contribution in [3.63, 3.8) is 0 Å². The van der Waals surface area contributed by atoms with Crippen LogP contribution in [0.1, 0.15) is 65.7 Å². The van der Waals surface area contributed by atoms with Crippen LogP contribution in [0.3, 0.4) is 0 Å². The summed E-state index contributed by atoms with van der Waals surface area (Å²) in [5, 5.41) is 11.4. The van der Waals surface area contributed by atoms with Gasteiger partial charge in [-0.05, 0) is 61.7 Å². The van der Waals surface area contributed by atoms with Gasteiger partial charge in [0.25, 0.3) is 0 Å². The van der Waals surface area contributed by atoms with Gasteiger partial charge < -0.3 is 15.6 Å².